The molecule has 11 heavy (non-hydrogen) atoms. The zero-order chi connectivity index (χ0) is 8.27. The Morgan fingerprint density at radius 2 is 2.45 bits per heavy atom. The Morgan fingerprint density at radius 3 is 2.91 bits per heavy atom. The third-order valence-corrected chi connectivity index (χ3v) is 3.06. The number of aliphatic hydroxyl groups excluding tert-OH is 1. The van der Waals surface area contributed by atoms with Crippen molar-refractivity contribution >= 4 is 27.3 Å². The van der Waals surface area contributed by atoms with Gasteiger partial charge in [0, 0.05) is 0 Å². The highest BCUT2D eigenvalue weighted by atomic mass is 79.9. The van der Waals surface area contributed by atoms with Gasteiger partial charge >= 0.3 is 0 Å². The first-order valence-electron chi connectivity index (χ1n) is 3.66. The minimum absolute atomic E-state index is 0.275. The minimum Gasteiger partial charge on any atom is -0.388 e. The maximum Gasteiger partial charge on any atom is 0.0798 e. The van der Waals surface area contributed by atoms with Gasteiger partial charge in [0.15, 0.2) is 0 Å². The van der Waals surface area contributed by atoms with Crippen molar-refractivity contribution in [2.75, 3.05) is 0 Å². The van der Waals surface area contributed by atoms with Crippen LogP contribution in [0.2, 0.25) is 0 Å². The molecule has 0 bridgehead atoms. The maximum atomic E-state index is 9.52. The molecule has 0 aliphatic heterocycles. The zero-order valence-corrected chi connectivity index (χ0v) is 8.78. The van der Waals surface area contributed by atoms with E-state index in [0.29, 0.717) is 0 Å². The van der Waals surface area contributed by atoms with E-state index in [1.54, 1.807) is 11.3 Å². The molecular weight excluding hydrogens is 224 g/mol. The van der Waals surface area contributed by atoms with Gasteiger partial charge in [-0.25, -0.2) is 0 Å². The quantitative estimate of drug-likeness (QED) is 0.851. The monoisotopic (exact) mass is 234 g/mol. The van der Waals surface area contributed by atoms with Crippen LogP contribution < -0.4 is 0 Å². The lowest BCUT2D eigenvalue weighted by Crippen LogP contribution is -1.93. The molecule has 3 heteroatoms. The van der Waals surface area contributed by atoms with E-state index in [4.69, 9.17) is 0 Å². The Hall–Kier alpha value is 0.140. The van der Waals surface area contributed by atoms with Crippen LogP contribution in [0.4, 0.5) is 0 Å². The van der Waals surface area contributed by atoms with Gasteiger partial charge in [-0.2, -0.15) is 0 Å². The largest absolute Gasteiger partial charge is 0.388 e. The molecule has 0 aromatic carbocycles. The summed E-state index contributed by atoms with van der Waals surface area (Å²) in [5, 5.41) is 11.5. The molecule has 0 fully saturated rings. The summed E-state index contributed by atoms with van der Waals surface area (Å²) in [5.41, 5.74) is 1.03. The first kappa shape index (κ1) is 9.23. The molecule has 0 saturated carbocycles. The maximum absolute atomic E-state index is 9.52. The summed E-state index contributed by atoms with van der Waals surface area (Å²) in [5.74, 6) is 0. The summed E-state index contributed by atoms with van der Waals surface area (Å²) in [6, 6.07) is 1.98. The van der Waals surface area contributed by atoms with Crippen molar-refractivity contribution in [3.63, 3.8) is 0 Å². The Balaban J connectivity index is 2.60. The molecule has 1 unspecified atom stereocenters. The highest BCUT2D eigenvalue weighted by molar-refractivity contribution is 9.11. The molecule has 1 nitrogen and oxygen atoms in total. The number of aliphatic hydroxyl groups is 1. The van der Waals surface area contributed by atoms with E-state index in [1.165, 1.54) is 0 Å². The third kappa shape index (κ3) is 2.58. The Kier molecular flexibility index (Phi) is 3.55. The van der Waals surface area contributed by atoms with Gasteiger partial charge < -0.3 is 5.11 Å². The van der Waals surface area contributed by atoms with E-state index in [9.17, 15) is 5.11 Å². The topological polar surface area (TPSA) is 20.2 Å². The van der Waals surface area contributed by atoms with Crippen molar-refractivity contribution in [2.45, 2.75) is 25.9 Å². The van der Waals surface area contributed by atoms with Crippen LogP contribution in [0, 0.1) is 0 Å². The van der Waals surface area contributed by atoms with E-state index in [-0.39, 0.29) is 6.10 Å². The zero-order valence-electron chi connectivity index (χ0n) is 6.38. The van der Waals surface area contributed by atoms with E-state index in [0.717, 1.165) is 22.2 Å². The predicted molar refractivity (Wildman–Crippen MR) is 51.9 cm³/mol. The highest BCUT2D eigenvalue weighted by Gasteiger charge is 2.07. The smallest absolute Gasteiger partial charge is 0.0798 e. The van der Waals surface area contributed by atoms with E-state index >= 15 is 0 Å². The molecule has 1 N–H and O–H groups in total. The van der Waals surface area contributed by atoms with Crippen molar-refractivity contribution in [1.29, 1.82) is 0 Å². The lowest BCUT2D eigenvalue weighted by Gasteiger charge is -2.04. The van der Waals surface area contributed by atoms with Crippen LogP contribution >= 0.6 is 27.3 Å². The highest BCUT2D eigenvalue weighted by Crippen LogP contribution is 2.27. The van der Waals surface area contributed by atoms with Gasteiger partial charge in [0.1, 0.15) is 0 Å². The minimum atomic E-state index is -0.275. The summed E-state index contributed by atoms with van der Waals surface area (Å²) in [4.78, 5) is 0. The number of hydrogen-bond acceptors (Lipinski definition) is 2. The van der Waals surface area contributed by atoms with Crippen molar-refractivity contribution in [1.82, 2.24) is 0 Å². The molecule has 1 aromatic heterocycles. The molecule has 0 aliphatic rings. The fraction of sp³-hybridized carbons (Fsp3) is 0.500. The Labute approximate surface area is 79.2 Å². The Morgan fingerprint density at radius 1 is 1.73 bits per heavy atom. The van der Waals surface area contributed by atoms with Crippen LogP contribution in [0.25, 0.3) is 0 Å². The fourth-order valence-electron chi connectivity index (χ4n) is 0.938. The number of thiophene rings is 1. The lowest BCUT2D eigenvalue weighted by molar-refractivity contribution is 0.167. The van der Waals surface area contributed by atoms with Gasteiger partial charge in [-0.05, 0) is 39.4 Å². The summed E-state index contributed by atoms with van der Waals surface area (Å²) < 4.78 is 1.09. The second-order valence-electron chi connectivity index (χ2n) is 2.49. The van der Waals surface area contributed by atoms with Gasteiger partial charge in [0.05, 0.1) is 9.89 Å². The molecular formula is C8H11BrOS. The molecule has 0 aliphatic carbocycles. The van der Waals surface area contributed by atoms with Crippen molar-refractivity contribution < 1.29 is 5.11 Å². The summed E-state index contributed by atoms with van der Waals surface area (Å²) in [7, 11) is 0. The average molecular weight is 235 g/mol. The summed E-state index contributed by atoms with van der Waals surface area (Å²) >= 11 is 4.97. The van der Waals surface area contributed by atoms with Gasteiger partial charge in [0.2, 0.25) is 0 Å². The fourth-order valence-corrected chi connectivity index (χ4v) is 2.16. The molecule has 1 aromatic rings. The standard InChI is InChI=1S/C8H11BrOS/c1-2-3-7(10)6-4-8(9)11-5-6/h4-5,7,10H,2-3H2,1H3. The van der Waals surface area contributed by atoms with E-state index < -0.39 is 0 Å². The molecule has 1 atom stereocenters. The second-order valence-corrected chi connectivity index (χ2v) is 4.78. The number of rotatable bonds is 3. The lowest BCUT2D eigenvalue weighted by atomic mass is 10.1. The first-order valence-corrected chi connectivity index (χ1v) is 5.33. The van der Waals surface area contributed by atoms with E-state index in [2.05, 4.69) is 22.9 Å². The number of halogens is 1. The van der Waals surface area contributed by atoms with Gasteiger partial charge in [-0.3, -0.25) is 0 Å². The van der Waals surface area contributed by atoms with Crippen LogP contribution in [0.5, 0.6) is 0 Å². The van der Waals surface area contributed by atoms with Crippen molar-refractivity contribution in [3.05, 3.63) is 20.8 Å². The number of hydrogen-bond donors (Lipinski definition) is 1. The second kappa shape index (κ2) is 4.24. The molecule has 0 amide bonds. The summed E-state index contributed by atoms with van der Waals surface area (Å²) in [6.45, 7) is 2.07. The SMILES string of the molecule is CCCC(O)c1csc(Br)c1. The third-order valence-electron chi connectivity index (χ3n) is 1.53. The molecule has 62 valence electrons. The van der Waals surface area contributed by atoms with Crippen LogP contribution in [0.15, 0.2) is 15.2 Å². The first-order chi connectivity index (χ1) is 5.24. The van der Waals surface area contributed by atoms with Crippen molar-refractivity contribution in [2.24, 2.45) is 0 Å². The molecule has 1 heterocycles. The molecule has 0 radical (unpaired) electrons. The van der Waals surface area contributed by atoms with Gasteiger partial charge in [0.25, 0.3) is 0 Å². The molecule has 0 spiro atoms. The van der Waals surface area contributed by atoms with Gasteiger partial charge in [-0.15, -0.1) is 11.3 Å². The van der Waals surface area contributed by atoms with Gasteiger partial charge in [-0.1, -0.05) is 13.3 Å². The molecule has 1 rings (SSSR count). The normalized spacial score (nSPS) is 13.4. The van der Waals surface area contributed by atoms with Crippen molar-refractivity contribution in [3.8, 4) is 0 Å². The van der Waals surface area contributed by atoms with Crippen LogP contribution in [0.3, 0.4) is 0 Å². The van der Waals surface area contributed by atoms with Crippen LogP contribution in [0.1, 0.15) is 31.4 Å². The summed E-state index contributed by atoms with van der Waals surface area (Å²) in [6.07, 6.45) is 1.60. The van der Waals surface area contributed by atoms with Crippen LogP contribution in [-0.4, -0.2) is 5.11 Å². The van der Waals surface area contributed by atoms with Crippen LogP contribution in [-0.2, 0) is 0 Å². The predicted octanol–water partition coefficient (Wildman–Crippen LogP) is 3.34. The van der Waals surface area contributed by atoms with E-state index in [1.807, 2.05) is 11.4 Å². The Bertz CT molecular complexity index is 222. The molecule has 0 saturated heterocycles. The average Bonchev–Trinajstić information content (AvgIpc) is 2.36.